The van der Waals surface area contributed by atoms with Crippen LogP contribution in [0.4, 0.5) is 0 Å². The lowest BCUT2D eigenvalue weighted by molar-refractivity contribution is 0.462. The van der Waals surface area contributed by atoms with Crippen molar-refractivity contribution in [2.45, 2.75) is 18.2 Å². The van der Waals surface area contributed by atoms with Crippen LogP contribution in [0, 0.1) is 6.92 Å². The quantitative estimate of drug-likeness (QED) is 0.740. The van der Waals surface area contributed by atoms with Gasteiger partial charge in [-0.25, -0.2) is 25.8 Å². The first-order valence-electron chi connectivity index (χ1n) is 5.98. The van der Waals surface area contributed by atoms with E-state index in [9.17, 15) is 21.4 Å². The molecule has 0 aliphatic rings. The summed E-state index contributed by atoms with van der Waals surface area (Å²) in [5.74, 6) is -0.692. The Labute approximate surface area is 123 Å². The fourth-order valence-corrected chi connectivity index (χ4v) is 3.53. The molecule has 114 valence electrons. The molecule has 9 heteroatoms. The molecule has 21 heavy (non-hydrogen) atoms. The maximum atomic E-state index is 12.4. The molecule has 1 aromatic heterocycles. The van der Waals surface area contributed by atoms with E-state index in [0.717, 1.165) is 9.54 Å². The van der Waals surface area contributed by atoms with E-state index in [-0.39, 0.29) is 17.1 Å². The van der Waals surface area contributed by atoms with Gasteiger partial charge in [0.2, 0.25) is 0 Å². The summed E-state index contributed by atoms with van der Waals surface area (Å²) in [5, 5.41) is 0. The zero-order chi connectivity index (χ0) is 15.7. The van der Waals surface area contributed by atoms with Gasteiger partial charge in [-0.15, -0.1) is 0 Å². The summed E-state index contributed by atoms with van der Waals surface area (Å²) in [6, 6.07) is 6.23. The smallest absolute Gasteiger partial charge is 0.269 e. The largest absolute Gasteiger partial charge is 0.748 e. The standard InChI is InChI=1S/C12H14N2O5S2/c1-10-2-4-11(5-3-10)21(18,19)14-8-7-13-12(14)6-9-20(15,16)17/h2-5,7-8H,6,9H2,1H3,(H,15,16,17)/p-1. The van der Waals surface area contributed by atoms with Crippen molar-refractivity contribution in [2.75, 3.05) is 5.75 Å². The van der Waals surface area contributed by atoms with Gasteiger partial charge in [-0.3, -0.25) is 0 Å². The third-order valence-electron chi connectivity index (χ3n) is 2.83. The minimum absolute atomic E-state index is 0.00926. The van der Waals surface area contributed by atoms with Crippen LogP contribution in [0.15, 0.2) is 41.6 Å². The van der Waals surface area contributed by atoms with E-state index < -0.39 is 25.9 Å². The van der Waals surface area contributed by atoms with Gasteiger partial charge in [0.25, 0.3) is 10.0 Å². The molecule has 0 aliphatic heterocycles. The van der Waals surface area contributed by atoms with Gasteiger partial charge in [-0.1, -0.05) is 17.7 Å². The molecule has 0 saturated carbocycles. The predicted octanol–water partition coefficient (Wildman–Crippen LogP) is 0.516. The normalized spacial score (nSPS) is 12.5. The molecule has 7 nitrogen and oxygen atoms in total. The van der Waals surface area contributed by atoms with Crippen LogP contribution < -0.4 is 0 Å². The Bertz CT molecular complexity index is 836. The maximum Gasteiger partial charge on any atom is 0.269 e. The molecule has 2 aromatic rings. The van der Waals surface area contributed by atoms with Crippen LogP contribution in [0.1, 0.15) is 11.4 Å². The Morgan fingerprint density at radius 3 is 2.33 bits per heavy atom. The van der Waals surface area contributed by atoms with E-state index in [1.165, 1.54) is 24.5 Å². The lowest BCUT2D eigenvalue weighted by Crippen LogP contribution is -2.18. The van der Waals surface area contributed by atoms with E-state index in [4.69, 9.17) is 0 Å². The van der Waals surface area contributed by atoms with Crippen LogP contribution in [0.2, 0.25) is 0 Å². The number of nitrogens with zero attached hydrogens (tertiary/aromatic N) is 2. The molecule has 1 aromatic carbocycles. The highest BCUT2D eigenvalue weighted by molar-refractivity contribution is 7.90. The fourth-order valence-electron chi connectivity index (χ4n) is 1.76. The van der Waals surface area contributed by atoms with Crippen molar-refractivity contribution < 1.29 is 21.4 Å². The van der Waals surface area contributed by atoms with Crippen molar-refractivity contribution in [3.63, 3.8) is 0 Å². The SMILES string of the molecule is Cc1ccc(S(=O)(=O)n2ccnc2CCS(=O)(=O)[O-])cc1. The fraction of sp³-hybridized carbons (Fsp3) is 0.250. The molecule has 1 heterocycles. The Hall–Kier alpha value is -1.71. The number of benzene rings is 1. The topological polar surface area (TPSA) is 109 Å². The second kappa shape index (κ2) is 5.58. The monoisotopic (exact) mass is 329 g/mol. The molecule has 0 N–H and O–H groups in total. The summed E-state index contributed by atoms with van der Waals surface area (Å²) in [6.45, 7) is 1.83. The van der Waals surface area contributed by atoms with Gasteiger partial charge in [-0.2, -0.15) is 0 Å². The predicted molar refractivity (Wildman–Crippen MR) is 74.3 cm³/mol. The summed E-state index contributed by atoms with van der Waals surface area (Å²) < 4.78 is 57.7. The number of hydrogen-bond donors (Lipinski definition) is 0. The van der Waals surface area contributed by atoms with E-state index in [1.807, 2.05) is 6.92 Å². The lowest BCUT2D eigenvalue weighted by atomic mass is 10.2. The Balaban J connectivity index is 2.38. The van der Waals surface area contributed by atoms with Crippen molar-refractivity contribution in [2.24, 2.45) is 0 Å². The van der Waals surface area contributed by atoms with E-state index >= 15 is 0 Å². The number of aromatic nitrogens is 2. The third kappa shape index (κ3) is 3.69. The minimum atomic E-state index is -4.43. The van der Waals surface area contributed by atoms with Crippen molar-refractivity contribution >= 4 is 20.1 Å². The molecule has 2 rings (SSSR count). The average Bonchev–Trinajstić information content (AvgIpc) is 2.85. The van der Waals surface area contributed by atoms with Gasteiger partial charge in [0, 0.05) is 24.6 Å². The Kier molecular flexibility index (Phi) is 4.17. The van der Waals surface area contributed by atoms with Crippen LogP contribution in [0.25, 0.3) is 0 Å². The second-order valence-corrected chi connectivity index (χ2v) is 7.81. The Morgan fingerprint density at radius 1 is 1.14 bits per heavy atom. The average molecular weight is 329 g/mol. The zero-order valence-corrected chi connectivity index (χ0v) is 12.8. The molecule has 0 fully saturated rings. The van der Waals surface area contributed by atoms with Crippen molar-refractivity contribution in [3.05, 3.63) is 48.0 Å². The number of rotatable bonds is 5. The van der Waals surface area contributed by atoms with Crippen LogP contribution >= 0.6 is 0 Å². The highest BCUT2D eigenvalue weighted by Gasteiger charge is 2.20. The summed E-state index contributed by atoms with van der Waals surface area (Å²) in [7, 11) is -8.28. The Morgan fingerprint density at radius 2 is 1.76 bits per heavy atom. The van der Waals surface area contributed by atoms with Gasteiger partial charge in [0.1, 0.15) is 5.82 Å². The first-order chi connectivity index (χ1) is 9.70. The molecule has 0 unspecified atom stereocenters. The molecule has 0 saturated heterocycles. The molecular weight excluding hydrogens is 316 g/mol. The van der Waals surface area contributed by atoms with E-state index in [0.29, 0.717) is 0 Å². The van der Waals surface area contributed by atoms with E-state index in [1.54, 1.807) is 12.1 Å². The molecule has 0 bridgehead atoms. The number of aryl methyl sites for hydroxylation is 2. The molecule has 0 atom stereocenters. The van der Waals surface area contributed by atoms with E-state index in [2.05, 4.69) is 4.98 Å². The van der Waals surface area contributed by atoms with Crippen molar-refractivity contribution in [3.8, 4) is 0 Å². The highest BCUT2D eigenvalue weighted by Crippen LogP contribution is 2.16. The van der Waals surface area contributed by atoms with Gasteiger partial charge < -0.3 is 4.55 Å². The molecule has 0 radical (unpaired) electrons. The zero-order valence-electron chi connectivity index (χ0n) is 11.1. The van der Waals surface area contributed by atoms with Gasteiger partial charge in [0.05, 0.1) is 15.0 Å². The van der Waals surface area contributed by atoms with Crippen molar-refractivity contribution in [1.29, 1.82) is 0 Å². The summed E-state index contributed by atoms with van der Waals surface area (Å²) in [5.41, 5.74) is 0.914. The molecular formula is C12H13N2O5S2-. The van der Waals surface area contributed by atoms with Crippen LogP contribution in [-0.2, 0) is 26.6 Å². The van der Waals surface area contributed by atoms with Gasteiger partial charge in [-0.05, 0) is 19.1 Å². The van der Waals surface area contributed by atoms with Crippen LogP contribution in [0.3, 0.4) is 0 Å². The van der Waals surface area contributed by atoms with Crippen LogP contribution in [0.5, 0.6) is 0 Å². The van der Waals surface area contributed by atoms with Crippen molar-refractivity contribution in [1.82, 2.24) is 8.96 Å². The molecule has 0 amide bonds. The number of hydrogen-bond acceptors (Lipinski definition) is 6. The van der Waals surface area contributed by atoms with Gasteiger partial charge in [0.15, 0.2) is 0 Å². The van der Waals surface area contributed by atoms with Crippen LogP contribution in [-0.4, -0.2) is 36.1 Å². The second-order valence-electron chi connectivity index (χ2n) is 4.47. The summed E-state index contributed by atoms with van der Waals surface area (Å²) >= 11 is 0. The first-order valence-corrected chi connectivity index (χ1v) is 9.00. The summed E-state index contributed by atoms with van der Waals surface area (Å²) in [4.78, 5) is 3.88. The number of imidazole rings is 1. The maximum absolute atomic E-state index is 12.4. The highest BCUT2D eigenvalue weighted by atomic mass is 32.2. The first kappa shape index (κ1) is 15.7. The lowest BCUT2D eigenvalue weighted by Gasteiger charge is -2.10. The summed E-state index contributed by atoms with van der Waals surface area (Å²) in [6.07, 6.45) is 2.21. The third-order valence-corrected chi connectivity index (χ3v) is 5.26. The van der Waals surface area contributed by atoms with Gasteiger partial charge >= 0.3 is 0 Å². The minimum Gasteiger partial charge on any atom is -0.748 e. The molecule has 0 spiro atoms. The molecule has 0 aliphatic carbocycles.